The van der Waals surface area contributed by atoms with Crippen molar-refractivity contribution in [3.63, 3.8) is 0 Å². The zero-order valence-electron chi connectivity index (χ0n) is 11.7. The van der Waals surface area contributed by atoms with Gasteiger partial charge >= 0.3 is 0 Å². The zero-order chi connectivity index (χ0) is 13.8. The van der Waals surface area contributed by atoms with Crippen LogP contribution in [0.5, 0.6) is 0 Å². The van der Waals surface area contributed by atoms with Crippen molar-refractivity contribution in [3.8, 4) is 0 Å². The summed E-state index contributed by atoms with van der Waals surface area (Å²) in [5, 5.41) is 5.86. The van der Waals surface area contributed by atoms with E-state index in [1.165, 1.54) is 26.0 Å². The Morgan fingerprint density at radius 3 is 2.63 bits per heavy atom. The number of thiophene rings is 1. The topological polar surface area (TPSA) is 12.0 Å². The molecule has 0 aliphatic carbocycles. The third-order valence-electron chi connectivity index (χ3n) is 3.43. The van der Waals surface area contributed by atoms with Crippen LogP contribution >= 0.6 is 27.3 Å². The van der Waals surface area contributed by atoms with Crippen LogP contribution in [-0.2, 0) is 0 Å². The fraction of sp³-hybridized carbons (Fsp3) is 0.375. The van der Waals surface area contributed by atoms with Gasteiger partial charge in [-0.2, -0.15) is 0 Å². The molecule has 2 rings (SSSR count). The van der Waals surface area contributed by atoms with E-state index in [2.05, 4.69) is 71.7 Å². The normalized spacial score (nSPS) is 12.6. The molecule has 0 saturated heterocycles. The molecule has 1 aromatic carbocycles. The van der Waals surface area contributed by atoms with Crippen molar-refractivity contribution >= 4 is 27.3 Å². The van der Waals surface area contributed by atoms with Crippen molar-refractivity contribution in [1.82, 2.24) is 5.32 Å². The van der Waals surface area contributed by atoms with E-state index in [0.29, 0.717) is 6.04 Å². The van der Waals surface area contributed by atoms with E-state index < -0.39 is 0 Å². The summed E-state index contributed by atoms with van der Waals surface area (Å²) in [5.74, 6) is 0. The highest BCUT2D eigenvalue weighted by Gasteiger charge is 2.18. The maximum Gasteiger partial charge on any atom is 0.0590 e. The lowest BCUT2D eigenvalue weighted by atomic mass is 9.95. The van der Waals surface area contributed by atoms with Gasteiger partial charge in [0.05, 0.1) is 6.04 Å². The van der Waals surface area contributed by atoms with E-state index in [1.54, 1.807) is 0 Å². The molecule has 1 N–H and O–H groups in total. The number of aryl methyl sites for hydroxylation is 1. The van der Waals surface area contributed by atoms with Gasteiger partial charge in [-0.05, 0) is 61.0 Å². The molecule has 0 aliphatic rings. The van der Waals surface area contributed by atoms with Gasteiger partial charge < -0.3 is 5.32 Å². The summed E-state index contributed by atoms with van der Waals surface area (Å²) in [7, 11) is 0. The maximum atomic E-state index is 3.68. The number of nitrogens with one attached hydrogen (secondary N) is 1. The Labute approximate surface area is 128 Å². The van der Waals surface area contributed by atoms with E-state index in [9.17, 15) is 0 Å². The van der Waals surface area contributed by atoms with Crippen molar-refractivity contribution < 1.29 is 0 Å². The lowest BCUT2D eigenvalue weighted by molar-refractivity contribution is 0.595. The fourth-order valence-electron chi connectivity index (χ4n) is 2.31. The average Bonchev–Trinajstić information content (AvgIpc) is 2.81. The summed E-state index contributed by atoms with van der Waals surface area (Å²) in [6.07, 6.45) is 1.15. The highest BCUT2D eigenvalue weighted by Crippen LogP contribution is 2.32. The van der Waals surface area contributed by atoms with Crippen LogP contribution in [0.15, 0.2) is 34.1 Å². The van der Waals surface area contributed by atoms with E-state index in [0.717, 1.165) is 13.0 Å². The SMILES string of the molecule is CCCNC(c1ccsc1C)c1cccc(Br)c1C. The smallest absolute Gasteiger partial charge is 0.0590 e. The van der Waals surface area contributed by atoms with Crippen LogP contribution in [0.3, 0.4) is 0 Å². The molecule has 102 valence electrons. The summed E-state index contributed by atoms with van der Waals surface area (Å²) in [6, 6.07) is 8.99. The van der Waals surface area contributed by atoms with Crippen molar-refractivity contribution in [2.45, 2.75) is 33.2 Å². The summed E-state index contributed by atoms with van der Waals surface area (Å²) in [4.78, 5) is 1.40. The first-order chi connectivity index (χ1) is 9.15. The van der Waals surface area contributed by atoms with Gasteiger partial charge in [0.2, 0.25) is 0 Å². The van der Waals surface area contributed by atoms with E-state index in [-0.39, 0.29) is 0 Å². The predicted molar refractivity (Wildman–Crippen MR) is 88.1 cm³/mol. The second-order valence-electron chi connectivity index (χ2n) is 4.77. The van der Waals surface area contributed by atoms with Crippen molar-refractivity contribution in [1.29, 1.82) is 0 Å². The quantitative estimate of drug-likeness (QED) is 0.788. The molecule has 0 spiro atoms. The largest absolute Gasteiger partial charge is 0.306 e. The number of hydrogen-bond acceptors (Lipinski definition) is 2. The first kappa shape index (κ1) is 14.8. The van der Waals surface area contributed by atoms with Gasteiger partial charge in [0, 0.05) is 9.35 Å². The average molecular weight is 338 g/mol. The standard InChI is InChI=1S/C16H20BrNS/c1-4-9-18-16(14-8-10-19-12(14)3)13-6-5-7-15(17)11(13)2/h5-8,10,16,18H,4,9H2,1-3H3. The third-order valence-corrected chi connectivity index (χ3v) is 5.15. The van der Waals surface area contributed by atoms with Crippen LogP contribution in [-0.4, -0.2) is 6.54 Å². The molecule has 3 heteroatoms. The third kappa shape index (κ3) is 3.28. The molecule has 1 nitrogen and oxygen atoms in total. The molecule has 19 heavy (non-hydrogen) atoms. The van der Waals surface area contributed by atoms with Crippen molar-refractivity contribution in [2.24, 2.45) is 0 Å². The summed E-state index contributed by atoms with van der Waals surface area (Å²) < 4.78 is 1.18. The zero-order valence-corrected chi connectivity index (χ0v) is 14.1. The number of hydrogen-bond donors (Lipinski definition) is 1. The van der Waals surface area contributed by atoms with Gasteiger partial charge in [-0.1, -0.05) is 35.0 Å². The molecule has 0 saturated carbocycles. The molecule has 1 heterocycles. The minimum absolute atomic E-state index is 0.295. The fourth-order valence-corrected chi connectivity index (χ4v) is 3.43. The van der Waals surface area contributed by atoms with Crippen LogP contribution in [0.1, 0.15) is 41.0 Å². The van der Waals surface area contributed by atoms with Gasteiger partial charge in [0.15, 0.2) is 0 Å². The summed E-state index contributed by atoms with van der Waals surface area (Å²) in [6.45, 7) is 7.62. The van der Waals surface area contributed by atoms with Gasteiger partial charge in [-0.3, -0.25) is 0 Å². The van der Waals surface area contributed by atoms with Crippen LogP contribution in [0.2, 0.25) is 0 Å². The minimum atomic E-state index is 0.295. The highest BCUT2D eigenvalue weighted by molar-refractivity contribution is 9.10. The first-order valence-corrected chi connectivity index (χ1v) is 8.34. The first-order valence-electron chi connectivity index (χ1n) is 6.67. The molecule has 2 aromatic rings. The lowest BCUT2D eigenvalue weighted by Crippen LogP contribution is -2.24. The van der Waals surface area contributed by atoms with E-state index in [4.69, 9.17) is 0 Å². The van der Waals surface area contributed by atoms with Crippen LogP contribution in [0, 0.1) is 13.8 Å². The molecule has 1 atom stereocenters. The number of halogens is 1. The van der Waals surface area contributed by atoms with Gasteiger partial charge in [0.1, 0.15) is 0 Å². The molecule has 0 fully saturated rings. The van der Waals surface area contributed by atoms with Gasteiger partial charge in [-0.25, -0.2) is 0 Å². The predicted octanol–water partition coefficient (Wildman–Crippen LogP) is 5.22. The maximum absolute atomic E-state index is 3.68. The summed E-state index contributed by atoms with van der Waals surface area (Å²) in [5.41, 5.74) is 4.09. The molecule has 0 aliphatic heterocycles. The Morgan fingerprint density at radius 1 is 1.21 bits per heavy atom. The Morgan fingerprint density at radius 2 is 2.00 bits per heavy atom. The van der Waals surface area contributed by atoms with E-state index >= 15 is 0 Å². The second kappa shape index (κ2) is 6.69. The Kier molecular flexibility index (Phi) is 5.20. The van der Waals surface area contributed by atoms with Crippen LogP contribution in [0.4, 0.5) is 0 Å². The van der Waals surface area contributed by atoms with Gasteiger partial charge in [0.25, 0.3) is 0 Å². The molecular weight excluding hydrogens is 318 g/mol. The second-order valence-corrected chi connectivity index (χ2v) is 6.75. The minimum Gasteiger partial charge on any atom is -0.306 e. The van der Waals surface area contributed by atoms with Gasteiger partial charge in [-0.15, -0.1) is 11.3 Å². The Bertz CT molecular complexity index is 547. The van der Waals surface area contributed by atoms with Crippen LogP contribution in [0.25, 0.3) is 0 Å². The number of benzene rings is 1. The molecule has 0 bridgehead atoms. The highest BCUT2D eigenvalue weighted by atomic mass is 79.9. The van der Waals surface area contributed by atoms with Crippen molar-refractivity contribution in [3.05, 3.63) is 55.7 Å². The molecule has 0 radical (unpaired) electrons. The van der Waals surface area contributed by atoms with Crippen LogP contribution < -0.4 is 5.32 Å². The molecule has 0 amide bonds. The Hall–Kier alpha value is -0.640. The monoisotopic (exact) mass is 337 g/mol. The van der Waals surface area contributed by atoms with E-state index in [1.807, 2.05) is 11.3 Å². The molecule has 1 aromatic heterocycles. The van der Waals surface area contributed by atoms with Crippen molar-refractivity contribution in [2.75, 3.05) is 6.54 Å². The summed E-state index contributed by atoms with van der Waals surface area (Å²) >= 11 is 5.46. The molecular formula is C16H20BrNS. The number of rotatable bonds is 5. The Balaban J connectivity index is 2.43. The lowest BCUT2D eigenvalue weighted by Gasteiger charge is -2.22. The molecule has 1 unspecified atom stereocenters.